The fourth-order valence-corrected chi connectivity index (χ4v) is 4.28. The zero-order valence-electron chi connectivity index (χ0n) is 17.4. The lowest BCUT2D eigenvalue weighted by Gasteiger charge is -2.30. The molecule has 1 saturated heterocycles. The highest BCUT2D eigenvalue weighted by Crippen LogP contribution is 2.40. The van der Waals surface area contributed by atoms with Crippen LogP contribution in [-0.2, 0) is 4.74 Å². The van der Waals surface area contributed by atoms with Crippen LogP contribution in [0.3, 0.4) is 0 Å². The third-order valence-electron chi connectivity index (χ3n) is 6.11. The largest absolute Gasteiger partial charge is 0.385 e. The molecule has 0 unspecified atom stereocenters. The van der Waals surface area contributed by atoms with Gasteiger partial charge in [-0.3, -0.25) is 4.99 Å². The average molecular weight is 368 g/mol. The van der Waals surface area contributed by atoms with Crippen molar-refractivity contribution in [2.45, 2.75) is 44.9 Å². The first-order chi connectivity index (χ1) is 12.7. The van der Waals surface area contributed by atoms with Gasteiger partial charge >= 0.3 is 0 Å². The van der Waals surface area contributed by atoms with E-state index in [1.807, 2.05) is 7.05 Å². The summed E-state index contributed by atoms with van der Waals surface area (Å²) in [4.78, 5) is 9.45. The molecule has 0 atom stereocenters. The smallest absolute Gasteiger partial charge is 0.190 e. The molecule has 6 heteroatoms. The van der Waals surface area contributed by atoms with Crippen molar-refractivity contribution in [2.75, 3.05) is 73.6 Å². The number of hydrogen-bond acceptors (Lipinski definition) is 4. The van der Waals surface area contributed by atoms with Crippen LogP contribution in [0.15, 0.2) is 4.99 Å². The molecule has 1 heterocycles. The zero-order chi connectivity index (χ0) is 18.7. The molecule has 0 amide bonds. The molecule has 1 saturated carbocycles. The van der Waals surface area contributed by atoms with E-state index in [1.165, 1.54) is 71.2 Å². The second kappa shape index (κ2) is 11.8. The Labute approximate surface area is 160 Å². The summed E-state index contributed by atoms with van der Waals surface area (Å²) in [6.45, 7) is 8.89. The van der Waals surface area contributed by atoms with Crippen LogP contribution in [0.5, 0.6) is 0 Å². The van der Waals surface area contributed by atoms with Crippen molar-refractivity contribution < 1.29 is 4.74 Å². The van der Waals surface area contributed by atoms with Crippen LogP contribution in [0.25, 0.3) is 0 Å². The zero-order valence-corrected chi connectivity index (χ0v) is 17.4. The Bertz CT molecular complexity index is 409. The molecule has 1 aliphatic carbocycles. The maximum absolute atomic E-state index is 5.33. The number of methoxy groups -OCH3 is 1. The van der Waals surface area contributed by atoms with Gasteiger partial charge in [0.1, 0.15) is 0 Å². The number of aliphatic imine (C=N–C) groups is 1. The maximum atomic E-state index is 5.33. The average Bonchev–Trinajstić information content (AvgIpc) is 3.02. The molecule has 2 rings (SSSR count). The lowest BCUT2D eigenvalue weighted by Crippen LogP contribution is -2.44. The van der Waals surface area contributed by atoms with E-state index < -0.39 is 0 Å². The summed E-state index contributed by atoms with van der Waals surface area (Å²) in [5.74, 6) is 0.948. The quantitative estimate of drug-likeness (QED) is 0.370. The van der Waals surface area contributed by atoms with Gasteiger partial charge < -0.3 is 25.2 Å². The van der Waals surface area contributed by atoms with Crippen LogP contribution in [0.2, 0.25) is 0 Å². The van der Waals surface area contributed by atoms with Crippen molar-refractivity contribution in [3.05, 3.63) is 0 Å². The van der Waals surface area contributed by atoms with E-state index in [2.05, 4.69) is 32.5 Å². The van der Waals surface area contributed by atoms with Gasteiger partial charge in [0, 0.05) is 46.9 Å². The third kappa shape index (κ3) is 7.41. The van der Waals surface area contributed by atoms with E-state index in [9.17, 15) is 0 Å². The van der Waals surface area contributed by atoms with E-state index in [0.717, 1.165) is 32.1 Å². The summed E-state index contributed by atoms with van der Waals surface area (Å²) < 4.78 is 5.33. The molecule has 0 radical (unpaired) electrons. The lowest BCUT2D eigenvalue weighted by molar-refractivity contribution is 0.138. The van der Waals surface area contributed by atoms with Gasteiger partial charge in [-0.25, -0.2) is 0 Å². The van der Waals surface area contributed by atoms with Gasteiger partial charge in [0.25, 0.3) is 0 Å². The van der Waals surface area contributed by atoms with Crippen LogP contribution >= 0.6 is 0 Å². The summed E-state index contributed by atoms with van der Waals surface area (Å²) in [5, 5.41) is 7.08. The molecular weight excluding hydrogens is 326 g/mol. The van der Waals surface area contributed by atoms with Gasteiger partial charge in [0.15, 0.2) is 5.96 Å². The van der Waals surface area contributed by atoms with Gasteiger partial charge in [-0.15, -0.1) is 0 Å². The van der Waals surface area contributed by atoms with E-state index in [0.29, 0.717) is 5.41 Å². The molecule has 0 aromatic rings. The van der Waals surface area contributed by atoms with E-state index >= 15 is 0 Å². The second-order valence-electron chi connectivity index (χ2n) is 8.15. The van der Waals surface area contributed by atoms with Crippen molar-refractivity contribution in [3.8, 4) is 0 Å². The summed E-state index contributed by atoms with van der Waals surface area (Å²) in [6, 6.07) is 0. The first-order valence-corrected chi connectivity index (χ1v) is 10.5. The highest BCUT2D eigenvalue weighted by molar-refractivity contribution is 5.79. The predicted octanol–water partition coefficient (Wildman–Crippen LogP) is 1.78. The van der Waals surface area contributed by atoms with Crippen molar-refractivity contribution in [3.63, 3.8) is 0 Å². The first kappa shape index (κ1) is 21.5. The monoisotopic (exact) mass is 367 g/mol. The molecule has 6 nitrogen and oxygen atoms in total. The molecule has 2 fully saturated rings. The number of hydrogen-bond donors (Lipinski definition) is 2. The van der Waals surface area contributed by atoms with Crippen molar-refractivity contribution in [1.29, 1.82) is 0 Å². The van der Waals surface area contributed by atoms with Crippen LogP contribution in [0.4, 0.5) is 0 Å². The Balaban J connectivity index is 1.64. The minimum absolute atomic E-state index is 0.395. The Morgan fingerprint density at radius 1 is 1.08 bits per heavy atom. The van der Waals surface area contributed by atoms with Crippen molar-refractivity contribution >= 4 is 5.96 Å². The summed E-state index contributed by atoms with van der Waals surface area (Å²) in [7, 11) is 5.90. The van der Waals surface area contributed by atoms with Crippen molar-refractivity contribution in [2.24, 2.45) is 10.4 Å². The fraction of sp³-hybridized carbons (Fsp3) is 0.950. The van der Waals surface area contributed by atoms with Gasteiger partial charge in [0.2, 0.25) is 0 Å². The Kier molecular flexibility index (Phi) is 9.72. The summed E-state index contributed by atoms with van der Waals surface area (Å²) in [6.07, 6.45) is 8.92. The number of rotatable bonds is 9. The topological polar surface area (TPSA) is 52.1 Å². The SMILES string of the molecule is CN=C(NCCCN1CCCN(C)CC1)NCC1(CCOC)CCCC1. The Morgan fingerprint density at radius 2 is 1.88 bits per heavy atom. The highest BCUT2D eigenvalue weighted by atomic mass is 16.5. The molecule has 0 bridgehead atoms. The molecule has 2 N–H and O–H groups in total. The molecule has 0 spiro atoms. The van der Waals surface area contributed by atoms with Crippen LogP contribution in [0, 0.1) is 5.41 Å². The second-order valence-corrected chi connectivity index (χ2v) is 8.15. The molecule has 0 aromatic carbocycles. The van der Waals surface area contributed by atoms with Crippen molar-refractivity contribution in [1.82, 2.24) is 20.4 Å². The lowest BCUT2D eigenvalue weighted by atomic mass is 9.83. The van der Waals surface area contributed by atoms with Crippen LogP contribution < -0.4 is 10.6 Å². The molecule has 152 valence electrons. The Morgan fingerprint density at radius 3 is 2.62 bits per heavy atom. The first-order valence-electron chi connectivity index (χ1n) is 10.5. The summed E-state index contributed by atoms with van der Waals surface area (Å²) >= 11 is 0. The summed E-state index contributed by atoms with van der Waals surface area (Å²) in [5.41, 5.74) is 0.395. The Hall–Kier alpha value is -0.850. The number of guanidine groups is 1. The van der Waals surface area contributed by atoms with Gasteiger partial charge in [-0.05, 0) is 64.2 Å². The van der Waals surface area contributed by atoms with Gasteiger partial charge in [0.05, 0.1) is 0 Å². The number of likely N-dealkylation sites (N-methyl/N-ethyl adjacent to an activating group) is 1. The van der Waals surface area contributed by atoms with Crippen LogP contribution in [0.1, 0.15) is 44.9 Å². The normalized spacial score (nSPS) is 22.3. The maximum Gasteiger partial charge on any atom is 0.190 e. The molecule has 1 aliphatic heterocycles. The molecule has 26 heavy (non-hydrogen) atoms. The van der Waals surface area contributed by atoms with E-state index in [-0.39, 0.29) is 0 Å². The molecular formula is C20H41N5O. The minimum Gasteiger partial charge on any atom is -0.385 e. The highest BCUT2D eigenvalue weighted by Gasteiger charge is 2.33. The number of nitrogens with zero attached hydrogens (tertiary/aromatic N) is 3. The van der Waals surface area contributed by atoms with E-state index in [4.69, 9.17) is 4.74 Å². The minimum atomic E-state index is 0.395. The molecule has 0 aromatic heterocycles. The third-order valence-corrected chi connectivity index (χ3v) is 6.11. The van der Waals surface area contributed by atoms with E-state index in [1.54, 1.807) is 7.11 Å². The number of nitrogens with one attached hydrogen (secondary N) is 2. The van der Waals surface area contributed by atoms with Gasteiger partial charge in [-0.1, -0.05) is 12.8 Å². The fourth-order valence-electron chi connectivity index (χ4n) is 4.28. The van der Waals surface area contributed by atoms with Gasteiger partial charge in [-0.2, -0.15) is 0 Å². The predicted molar refractivity (Wildman–Crippen MR) is 110 cm³/mol. The number of ether oxygens (including phenoxy) is 1. The standard InChI is InChI=1S/C20H41N5O/c1-21-19(23-18-20(10-17-26-3)8-4-5-9-20)22-11-6-13-25-14-7-12-24(2)15-16-25/h4-18H2,1-3H3,(H2,21,22,23). The molecule has 2 aliphatic rings. The van der Waals surface area contributed by atoms with Crippen LogP contribution in [-0.4, -0.2) is 89.4 Å².